The van der Waals surface area contributed by atoms with E-state index in [1.165, 1.54) is 0 Å². The number of ether oxygens (including phenoxy) is 3. The van der Waals surface area contributed by atoms with Gasteiger partial charge in [0, 0.05) is 23.2 Å². The van der Waals surface area contributed by atoms with Crippen molar-refractivity contribution < 1.29 is 19.0 Å². The average Bonchev–Trinajstić information content (AvgIpc) is 2.66. The molecule has 0 radical (unpaired) electrons. The van der Waals surface area contributed by atoms with Gasteiger partial charge in [-0.2, -0.15) is 0 Å². The van der Waals surface area contributed by atoms with E-state index in [1.54, 1.807) is 38.6 Å². The van der Waals surface area contributed by atoms with Crippen molar-refractivity contribution in [2.75, 3.05) is 20.8 Å². The van der Waals surface area contributed by atoms with Gasteiger partial charge in [-0.3, -0.25) is 9.78 Å². The number of hydrogen-bond acceptors (Lipinski definition) is 5. The number of carbonyl (C=O) groups is 1. The van der Waals surface area contributed by atoms with Crippen LogP contribution in [-0.4, -0.2) is 31.6 Å². The Morgan fingerprint density at radius 2 is 1.65 bits per heavy atom. The van der Waals surface area contributed by atoms with Crippen molar-refractivity contribution in [1.82, 2.24) is 4.98 Å². The van der Waals surface area contributed by atoms with E-state index < -0.39 is 0 Å². The van der Waals surface area contributed by atoms with Crippen molar-refractivity contribution in [3.8, 4) is 17.2 Å². The summed E-state index contributed by atoms with van der Waals surface area (Å²) in [7, 11) is 3.15. The maximum Gasteiger partial charge on any atom is 0.200 e. The molecule has 134 valence electrons. The largest absolute Gasteiger partial charge is 0.493 e. The third-order valence-corrected chi connectivity index (χ3v) is 4.39. The minimum absolute atomic E-state index is 0.0457. The number of hydrogen-bond donors (Lipinski definition) is 0. The van der Waals surface area contributed by atoms with Crippen LogP contribution in [0.4, 0.5) is 0 Å². The van der Waals surface area contributed by atoms with Gasteiger partial charge in [0.25, 0.3) is 0 Å². The molecule has 26 heavy (non-hydrogen) atoms. The molecule has 0 saturated carbocycles. The Morgan fingerprint density at radius 3 is 2.35 bits per heavy atom. The lowest BCUT2D eigenvalue weighted by molar-refractivity contribution is 0.0922. The normalized spacial score (nSPS) is 10.6. The van der Waals surface area contributed by atoms with Crippen LogP contribution in [0.5, 0.6) is 17.2 Å². The zero-order chi connectivity index (χ0) is 18.7. The van der Waals surface area contributed by atoms with E-state index in [4.69, 9.17) is 14.2 Å². The van der Waals surface area contributed by atoms with Gasteiger partial charge in [-0.15, -0.1) is 0 Å². The lowest BCUT2D eigenvalue weighted by Crippen LogP contribution is -2.12. The summed E-state index contributed by atoms with van der Waals surface area (Å²) in [5.41, 5.74) is 3.59. The highest BCUT2D eigenvalue weighted by molar-refractivity contribution is 5.98. The Morgan fingerprint density at radius 1 is 0.923 bits per heavy atom. The zero-order valence-corrected chi connectivity index (χ0v) is 15.3. The van der Waals surface area contributed by atoms with Crippen molar-refractivity contribution in [3.05, 3.63) is 59.3 Å². The van der Waals surface area contributed by atoms with Crippen LogP contribution >= 0.6 is 0 Å². The first-order valence-electron chi connectivity index (χ1n) is 8.27. The van der Waals surface area contributed by atoms with Gasteiger partial charge in [0.05, 0.1) is 19.7 Å². The van der Waals surface area contributed by atoms with E-state index in [0.717, 1.165) is 16.5 Å². The number of methoxy groups -OCH3 is 2. The van der Waals surface area contributed by atoms with Gasteiger partial charge in [-0.25, -0.2) is 0 Å². The number of aryl methyl sites for hydroxylation is 2. The number of nitrogens with zero attached hydrogens (tertiary/aromatic N) is 1. The average molecular weight is 351 g/mol. The van der Waals surface area contributed by atoms with E-state index in [9.17, 15) is 4.79 Å². The van der Waals surface area contributed by atoms with Gasteiger partial charge >= 0.3 is 0 Å². The Kier molecular flexibility index (Phi) is 5.07. The number of carbonyl (C=O) groups excluding carboxylic acids is 1. The molecule has 5 nitrogen and oxygen atoms in total. The SMILES string of the molecule is COc1cc2nccc(OCC(=O)c3ccc(C)c(C)c3)c2cc1OC. The quantitative estimate of drug-likeness (QED) is 0.625. The molecule has 0 bridgehead atoms. The molecule has 0 amide bonds. The maximum atomic E-state index is 12.5. The number of ketones is 1. The molecule has 3 rings (SSSR count). The first kappa shape index (κ1) is 17.7. The zero-order valence-electron chi connectivity index (χ0n) is 15.3. The van der Waals surface area contributed by atoms with Crippen LogP contribution in [0.25, 0.3) is 10.9 Å². The maximum absolute atomic E-state index is 12.5. The van der Waals surface area contributed by atoms with Crippen LogP contribution in [-0.2, 0) is 0 Å². The molecule has 0 N–H and O–H groups in total. The summed E-state index contributed by atoms with van der Waals surface area (Å²) in [6, 6.07) is 11.0. The summed E-state index contributed by atoms with van der Waals surface area (Å²) >= 11 is 0. The third-order valence-electron chi connectivity index (χ3n) is 4.39. The molecule has 1 heterocycles. The smallest absolute Gasteiger partial charge is 0.200 e. The third kappa shape index (κ3) is 3.47. The Labute approximate surface area is 152 Å². The van der Waals surface area contributed by atoms with E-state index in [2.05, 4.69) is 4.98 Å². The Balaban J connectivity index is 1.86. The molecular formula is C21H21NO4. The summed E-state index contributed by atoms with van der Waals surface area (Å²) in [6.07, 6.45) is 1.64. The lowest BCUT2D eigenvalue weighted by Gasteiger charge is -2.12. The van der Waals surface area contributed by atoms with Crippen LogP contribution in [0.15, 0.2) is 42.6 Å². The van der Waals surface area contributed by atoms with Crippen molar-refractivity contribution in [3.63, 3.8) is 0 Å². The van der Waals surface area contributed by atoms with Crippen molar-refractivity contribution in [1.29, 1.82) is 0 Å². The Bertz CT molecular complexity index is 966. The molecule has 0 aliphatic rings. The van der Waals surface area contributed by atoms with E-state index in [0.29, 0.717) is 28.3 Å². The molecular weight excluding hydrogens is 330 g/mol. The van der Waals surface area contributed by atoms with Gasteiger partial charge in [0.2, 0.25) is 0 Å². The highest BCUT2D eigenvalue weighted by atomic mass is 16.5. The molecule has 0 spiro atoms. The predicted molar refractivity (Wildman–Crippen MR) is 101 cm³/mol. The molecule has 0 unspecified atom stereocenters. The second-order valence-corrected chi connectivity index (χ2v) is 6.04. The van der Waals surface area contributed by atoms with Gasteiger partial charge in [0.15, 0.2) is 23.9 Å². The molecule has 2 aromatic carbocycles. The fraction of sp³-hybridized carbons (Fsp3) is 0.238. The Hall–Kier alpha value is -3.08. The summed E-state index contributed by atoms with van der Waals surface area (Å²) in [6.45, 7) is 3.96. The number of pyridine rings is 1. The summed E-state index contributed by atoms with van der Waals surface area (Å²) in [5.74, 6) is 1.68. The summed E-state index contributed by atoms with van der Waals surface area (Å²) < 4.78 is 16.4. The van der Waals surface area contributed by atoms with Crippen LogP contribution < -0.4 is 14.2 Å². The molecule has 0 fully saturated rings. The molecule has 3 aromatic rings. The van der Waals surface area contributed by atoms with Crippen molar-refractivity contribution in [2.24, 2.45) is 0 Å². The molecule has 0 saturated heterocycles. The summed E-state index contributed by atoms with van der Waals surface area (Å²) in [4.78, 5) is 16.8. The standard InChI is InChI=1S/C21H21NO4/c1-13-5-6-15(9-14(13)2)18(23)12-26-19-7-8-22-17-11-21(25-4)20(24-3)10-16(17)19/h5-11H,12H2,1-4H3. The first-order chi connectivity index (χ1) is 12.5. The predicted octanol–water partition coefficient (Wildman–Crippen LogP) is 4.13. The van der Waals surface area contributed by atoms with Gasteiger partial charge < -0.3 is 14.2 Å². The molecule has 0 aliphatic carbocycles. The monoisotopic (exact) mass is 351 g/mol. The van der Waals surface area contributed by atoms with Gasteiger partial charge in [0.1, 0.15) is 5.75 Å². The van der Waals surface area contributed by atoms with E-state index >= 15 is 0 Å². The van der Waals surface area contributed by atoms with Gasteiger partial charge in [-0.05, 0) is 43.2 Å². The molecule has 0 atom stereocenters. The van der Waals surface area contributed by atoms with Crippen LogP contribution in [0.1, 0.15) is 21.5 Å². The second-order valence-electron chi connectivity index (χ2n) is 6.04. The lowest BCUT2D eigenvalue weighted by atomic mass is 10.0. The number of Topliss-reactive ketones (excluding diaryl/α,β-unsaturated/α-hetero) is 1. The highest BCUT2D eigenvalue weighted by Crippen LogP contribution is 2.35. The fourth-order valence-electron chi connectivity index (χ4n) is 2.71. The number of aromatic nitrogens is 1. The van der Waals surface area contributed by atoms with Crippen LogP contribution in [0.3, 0.4) is 0 Å². The number of fused-ring (bicyclic) bond motifs is 1. The minimum Gasteiger partial charge on any atom is -0.493 e. The fourth-order valence-corrected chi connectivity index (χ4v) is 2.71. The van der Waals surface area contributed by atoms with Crippen molar-refractivity contribution >= 4 is 16.7 Å². The molecule has 5 heteroatoms. The highest BCUT2D eigenvalue weighted by Gasteiger charge is 2.13. The topological polar surface area (TPSA) is 57.7 Å². The van der Waals surface area contributed by atoms with E-state index in [1.807, 2.05) is 32.0 Å². The number of rotatable bonds is 6. The van der Waals surface area contributed by atoms with Crippen molar-refractivity contribution in [2.45, 2.75) is 13.8 Å². The first-order valence-corrected chi connectivity index (χ1v) is 8.27. The van der Waals surface area contributed by atoms with Crippen LogP contribution in [0, 0.1) is 13.8 Å². The minimum atomic E-state index is -0.0708. The second kappa shape index (κ2) is 7.44. The molecule has 0 aliphatic heterocycles. The van der Waals surface area contributed by atoms with E-state index in [-0.39, 0.29) is 12.4 Å². The van der Waals surface area contributed by atoms with Crippen LogP contribution in [0.2, 0.25) is 0 Å². The van der Waals surface area contributed by atoms with Gasteiger partial charge in [-0.1, -0.05) is 12.1 Å². The number of benzene rings is 2. The molecule has 1 aromatic heterocycles. The summed E-state index contributed by atoms with van der Waals surface area (Å²) in [5, 5.41) is 0.762.